The minimum absolute atomic E-state index is 0.181. The van der Waals surface area contributed by atoms with Crippen molar-refractivity contribution in [3.05, 3.63) is 23.3 Å². The molecule has 6 aliphatic rings. The number of esters is 2. The van der Waals surface area contributed by atoms with Gasteiger partial charge in [0.1, 0.15) is 0 Å². The molecule has 1 heterocycles. The number of allylic oxidation sites excluding steroid dienone is 4. The fourth-order valence-electron chi connectivity index (χ4n) is 5.50. The van der Waals surface area contributed by atoms with Gasteiger partial charge in [0.05, 0.1) is 11.8 Å². The van der Waals surface area contributed by atoms with Gasteiger partial charge in [-0.15, -0.1) is 0 Å². The predicted molar refractivity (Wildman–Crippen MR) is 66.7 cm³/mol. The summed E-state index contributed by atoms with van der Waals surface area (Å²) in [4.78, 5) is 23.9. The van der Waals surface area contributed by atoms with Gasteiger partial charge in [0, 0.05) is 0 Å². The first-order valence-corrected chi connectivity index (χ1v) is 7.43. The highest BCUT2D eigenvalue weighted by Crippen LogP contribution is 2.65. The lowest BCUT2D eigenvalue weighted by molar-refractivity contribution is -0.154. The maximum atomic E-state index is 12.0. The first-order chi connectivity index (χ1) is 9.27. The quantitative estimate of drug-likeness (QED) is 0.379. The summed E-state index contributed by atoms with van der Waals surface area (Å²) in [5.41, 5.74) is 3.25. The van der Waals surface area contributed by atoms with E-state index in [1.165, 1.54) is 25.7 Å². The molecule has 1 saturated carbocycles. The molecule has 6 rings (SSSR count). The molecule has 98 valence electrons. The zero-order valence-corrected chi connectivity index (χ0v) is 10.7. The fourth-order valence-corrected chi connectivity index (χ4v) is 5.50. The average molecular weight is 256 g/mol. The minimum Gasteiger partial charge on any atom is -0.393 e. The summed E-state index contributed by atoms with van der Waals surface area (Å²) in [6, 6.07) is 0. The van der Waals surface area contributed by atoms with Crippen LogP contribution in [0.15, 0.2) is 23.3 Å². The molecule has 3 nitrogen and oxygen atoms in total. The van der Waals surface area contributed by atoms with Gasteiger partial charge in [0.25, 0.3) is 0 Å². The Morgan fingerprint density at radius 2 is 1.26 bits per heavy atom. The number of carbonyl (C=O) groups excluding carboxylic acids is 2. The zero-order valence-electron chi connectivity index (χ0n) is 10.7. The van der Waals surface area contributed by atoms with Crippen molar-refractivity contribution in [2.75, 3.05) is 0 Å². The Morgan fingerprint density at radius 1 is 0.789 bits per heavy atom. The second kappa shape index (κ2) is 3.20. The topological polar surface area (TPSA) is 43.4 Å². The van der Waals surface area contributed by atoms with Crippen molar-refractivity contribution in [2.45, 2.75) is 25.7 Å². The smallest absolute Gasteiger partial charge is 0.318 e. The van der Waals surface area contributed by atoms with Crippen LogP contribution >= 0.6 is 0 Å². The SMILES string of the molecule is O=C1OC(=O)[C@@H]2[C@H]3C=C[C@H]([C@@H]12)[C@H]1C2=C(CCCC2)[C@@H]31. The molecule has 0 aromatic rings. The molecule has 0 unspecified atom stereocenters. The minimum atomic E-state index is -0.266. The number of carbonyl (C=O) groups is 2. The summed E-state index contributed by atoms with van der Waals surface area (Å²) in [6.45, 7) is 0. The normalized spacial score (nSPS) is 49.5. The van der Waals surface area contributed by atoms with Crippen LogP contribution in [0.25, 0.3) is 0 Å². The van der Waals surface area contributed by atoms with Crippen LogP contribution in [0.1, 0.15) is 25.7 Å². The second-order valence-corrected chi connectivity index (χ2v) is 6.64. The predicted octanol–water partition coefficient (Wildman–Crippen LogP) is 2.23. The van der Waals surface area contributed by atoms with Gasteiger partial charge in [0.2, 0.25) is 0 Å². The molecule has 1 aliphatic heterocycles. The summed E-state index contributed by atoms with van der Waals surface area (Å²) in [6.07, 6.45) is 9.42. The molecule has 5 aliphatic carbocycles. The summed E-state index contributed by atoms with van der Waals surface area (Å²) in [7, 11) is 0. The van der Waals surface area contributed by atoms with E-state index in [-0.39, 0.29) is 35.6 Å². The monoisotopic (exact) mass is 256 g/mol. The van der Waals surface area contributed by atoms with Gasteiger partial charge in [0.15, 0.2) is 0 Å². The van der Waals surface area contributed by atoms with E-state index in [1.807, 2.05) is 0 Å². The largest absolute Gasteiger partial charge is 0.393 e. The van der Waals surface area contributed by atoms with Crippen molar-refractivity contribution in [2.24, 2.45) is 35.5 Å². The van der Waals surface area contributed by atoms with Crippen molar-refractivity contribution >= 4 is 11.9 Å². The molecule has 1 saturated heterocycles. The van der Waals surface area contributed by atoms with Gasteiger partial charge in [-0.25, -0.2) is 0 Å². The summed E-state index contributed by atoms with van der Waals surface area (Å²) >= 11 is 0. The third-order valence-electron chi connectivity index (χ3n) is 6.09. The maximum Gasteiger partial charge on any atom is 0.318 e. The fraction of sp³-hybridized carbons (Fsp3) is 0.625. The highest BCUT2D eigenvalue weighted by Gasteiger charge is 2.65. The van der Waals surface area contributed by atoms with Crippen LogP contribution in [0.5, 0.6) is 0 Å². The van der Waals surface area contributed by atoms with Crippen molar-refractivity contribution in [1.29, 1.82) is 0 Å². The summed E-state index contributed by atoms with van der Waals surface area (Å²) in [5, 5.41) is 0. The maximum absolute atomic E-state index is 12.0. The van der Waals surface area contributed by atoms with E-state index in [0.29, 0.717) is 11.8 Å². The van der Waals surface area contributed by atoms with E-state index >= 15 is 0 Å². The Labute approximate surface area is 111 Å². The Kier molecular flexibility index (Phi) is 1.75. The lowest BCUT2D eigenvalue weighted by atomic mass is 9.44. The molecule has 0 amide bonds. The van der Waals surface area contributed by atoms with E-state index in [2.05, 4.69) is 12.2 Å². The molecule has 3 heteroatoms. The van der Waals surface area contributed by atoms with Crippen LogP contribution in [-0.2, 0) is 14.3 Å². The number of hydrogen-bond donors (Lipinski definition) is 0. The Morgan fingerprint density at radius 3 is 1.74 bits per heavy atom. The number of ether oxygens (including phenoxy) is 1. The average Bonchev–Trinajstić information content (AvgIpc) is 2.72. The van der Waals surface area contributed by atoms with Gasteiger partial charge in [-0.2, -0.15) is 0 Å². The van der Waals surface area contributed by atoms with Crippen molar-refractivity contribution < 1.29 is 14.3 Å². The van der Waals surface area contributed by atoms with Crippen LogP contribution in [-0.4, -0.2) is 11.9 Å². The van der Waals surface area contributed by atoms with Crippen molar-refractivity contribution in [3.8, 4) is 0 Å². The van der Waals surface area contributed by atoms with Gasteiger partial charge in [-0.1, -0.05) is 23.3 Å². The third kappa shape index (κ3) is 1.03. The lowest BCUT2D eigenvalue weighted by Gasteiger charge is -2.58. The third-order valence-corrected chi connectivity index (χ3v) is 6.09. The van der Waals surface area contributed by atoms with E-state index in [4.69, 9.17) is 4.74 Å². The molecule has 0 N–H and O–H groups in total. The van der Waals surface area contributed by atoms with E-state index in [0.717, 1.165) is 0 Å². The highest BCUT2D eigenvalue weighted by atomic mass is 16.6. The molecular weight excluding hydrogens is 240 g/mol. The zero-order chi connectivity index (χ0) is 12.7. The van der Waals surface area contributed by atoms with Crippen LogP contribution in [0.2, 0.25) is 0 Å². The Bertz CT molecular complexity index is 523. The number of hydrogen-bond acceptors (Lipinski definition) is 3. The van der Waals surface area contributed by atoms with Crippen molar-refractivity contribution in [3.63, 3.8) is 0 Å². The molecule has 0 aromatic carbocycles. The second-order valence-electron chi connectivity index (χ2n) is 6.64. The van der Waals surface area contributed by atoms with Gasteiger partial charge in [-0.05, 0) is 49.4 Å². The highest BCUT2D eigenvalue weighted by molar-refractivity contribution is 5.98. The molecule has 2 fully saturated rings. The summed E-state index contributed by atoms with van der Waals surface area (Å²) < 4.78 is 4.93. The van der Waals surface area contributed by atoms with Gasteiger partial charge in [-0.3, -0.25) is 9.59 Å². The van der Waals surface area contributed by atoms with Crippen molar-refractivity contribution in [1.82, 2.24) is 0 Å². The van der Waals surface area contributed by atoms with Gasteiger partial charge >= 0.3 is 11.9 Å². The molecular formula is C16H16O3. The molecule has 0 spiro atoms. The standard InChI is InChI=1S/C16H16O3/c17-15-13-9-5-6-10(14(13)16(18)19-15)12-8-4-2-1-3-7(8)11(9)12/h5-6,9-14H,1-4H2/t9-,10-,11-,12+,13+,14+/m0/s1. The number of rotatable bonds is 0. The van der Waals surface area contributed by atoms with Gasteiger partial charge < -0.3 is 4.74 Å². The molecule has 0 radical (unpaired) electrons. The molecule has 2 bridgehead atoms. The molecule has 0 aromatic heterocycles. The van der Waals surface area contributed by atoms with E-state index in [9.17, 15) is 9.59 Å². The van der Waals surface area contributed by atoms with Crippen LogP contribution in [0, 0.1) is 35.5 Å². The van der Waals surface area contributed by atoms with Crippen LogP contribution in [0.4, 0.5) is 0 Å². The first kappa shape index (κ1) is 10.4. The Hall–Kier alpha value is -1.38. The van der Waals surface area contributed by atoms with E-state index in [1.54, 1.807) is 11.1 Å². The molecule has 19 heavy (non-hydrogen) atoms. The summed E-state index contributed by atoms with van der Waals surface area (Å²) in [5.74, 6) is 0.663. The Balaban J connectivity index is 1.64. The van der Waals surface area contributed by atoms with Crippen LogP contribution < -0.4 is 0 Å². The van der Waals surface area contributed by atoms with Crippen LogP contribution in [0.3, 0.4) is 0 Å². The molecule has 6 atom stereocenters. The lowest BCUT2D eigenvalue weighted by Crippen LogP contribution is -2.55. The first-order valence-electron chi connectivity index (χ1n) is 7.43. The number of cyclic esters (lactones) is 2. The van der Waals surface area contributed by atoms with E-state index < -0.39 is 0 Å².